The number of rotatable bonds is 3. The number of phenolic OH excluding ortho intramolecular Hbond substituents is 1. The molecule has 1 fully saturated rings. The Morgan fingerprint density at radius 2 is 2.15 bits per heavy atom. The molecule has 0 saturated heterocycles. The fourth-order valence-electron chi connectivity index (χ4n) is 1.59. The van der Waals surface area contributed by atoms with Gasteiger partial charge in [0, 0.05) is 18.8 Å². The number of hydrogen-bond acceptors (Lipinski definition) is 2. The zero-order chi connectivity index (χ0) is 9.26. The second-order valence-corrected chi connectivity index (χ2v) is 3.79. The molecule has 1 aliphatic carbocycles. The van der Waals surface area contributed by atoms with Gasteiger partial charge in [-0.15, -0.1) is 0 Å². The van der Waals surface area contributed by atoms with Crippen molar-refractivity contribution in [1.29, 1.82) is 0 Å². The molecule has 0 aliphatic heterocycles. The Bertz CT molecular complexity index is 305. The quantitative estimate of drug-likeness (QED) is 0.743. The van der Waals surface area contributed by atoms with Gasteiger partial charge in [-0.05, 0) is 42.9 Å². The summed E-state index contributed by atoms with van der Waals surface area (Å²) in [5.74, 6) is 1.23. The highest BCUT2D eigenvalue weighted by molar-refractivity contribution is 5.50. The van der Waals surface area contributed by atoms with E-state index in [1.54, 1.807) is 6.07 Å². The first kappa shape index (κ1) is 8.42. The van der Waals surface area contributed by atoms with Crippen molar-refractivity contribution in [2.75, 3.05) is 12.4 Å². The summed E-state index contributed by atoms with van der Waals surface area (Å²) in [6.45, 7) is 0. The standard InChI is InChI=1S/C11H15NO/c1-12-10-5-9(4-8-2-3-8)6-11(13)7-10/h5-8,12-13H,2-4H2,1H3. The lowest BCUT2D eigenvalue weighted by Crippen LogP contribution is -1.92. The van der Waals surface area contributed by atoms with Crippen molar-refractivity contribution in [3.05, 3.63) is 23.8 Å². The summed E-state index contributed by atoms with van der Waals surface area (Å²) in [6.07, 6.45) is 3.82. The third-order valence-corrected chi connectivity index (χ3v) is 2.49. The molecular weight excluding hydrogens is 162 g/mol. The van der Waals surface area contributed by atoms with Crippen molar-refractivity contribution >= 4 is 5.69 Å². The van der Waals surface area contributed by atoms with Gasteiger partial charge in [0.15, 0.2) is 0 Å². The third-order valence-electron chi connectivity index (χ3n) is 2.49. The highest BCUT2D eigenvalue weighted by Crippen LogP contribution is 2.34. The average molecular weight is 177 g/mol. The molecule has 2 N–H and O–H groups in total. The van der Waals surface area contributed by atoms with E-state index >= 15 is 0 Å². The van der Waals surface area contributed by atoms with Crippen LogP contribution >= 0.6 is 0 Å². The Morgan fingerprint density at radius 3 is 2.77 bits per heavy atom. The minimum Gasteiger partial charge on any atom is -0.508 e. The Hall–Kier alpha value is -1.18. The van der Waals surface area contributed by atoms with E-state index in [0.29, 0.717) is 5.75 Å². The first-order chi connectivity index (χ1) is 6.28. The van der Waals surface area contributed by atoms with E-state index in [9.17, 15) is 5.11 Å². The van der Waals surface area contributed by atoms with E-state index in [1.165, 1.54) is 18.4 Å². The number of phenols is 1. The second-order valence-electron chi connectivity index (χ2n) is 3.79. The van der Waals surface area contributed by atoms with Crippen LogP contribution in [0.4, 0.5) is 5.69 Å². The molecule has 1 aromatic rings. The normalized spacial score (nSPS) is 15.8. The van der Waals surface area contributed by atoms with Gasteiger partial charge in [-0.25, -0.2) is 0 Å². The largest absolute Gasteiger partial charge is 0.508 e. The molecule has 0 aromatic heterocycles. The predicted octanol–water partition coefficient (Wildman–Crippen LogP) is 2.39. The lowest BCUT2D eigenvalue weighted by molar-refractivity contribution is 0.474. The van der Waals surface area contributed by atoms with Crippen molar-refractivity contribution in [3.8, 4) is 5.75 Å². The first-order valence-electron chi connectivity index (χ1n) is 4.78. The average Bonchev–Trinajstić information content (AvgIpc) is 2.87. The molecule has 2 rings (SSSR count). The molecule has 0 spiro atoms. The summed E-state index contributed by atoms with van der Waals surface area (Å²) in [5.41, 5.74) is 2.24. The van der Waals surface area contributed by atoms with Crippen LogP contribution in [0, 0.1) is 5.92 Å². The molecule has 2 heteroatoms. The minimum atomic E-state index is 0.363. The smallest absolute Gasteiger partial charge is 0.117 e. The number of anilines is 1. The molecule has 0 unspecified atom stereocenters. The molecule has 1 saturated carbocycles. The maximum Gasteiger partial charge on any atom is 0.117 e. The summed E-state index contributed by atoms with van der Waals surface area (Å²) in [4.78, 5) is 0. The van der Waals surface area contributed by atoms with E-state index in [-0.39, 0.29) is 0 Å². The van der Waals surface area contributed by atoms with Gasteiger partial charge in [-0.2, -0.15) is 0 Å². The Balaban J connectivity index is 2.17. The Morgan fingerprint density at radius 1 is 1.38 bits per heavy atom. The van der Waals surface area contributed by atoms with Crippen LogP contribution in [0.15, 0.2) is 18.2 Å². The topological polar surface area (TPSA) is 32.3 Å². The van der Waals surface area contributed by atoms with Crippen LogP contribution in [-0.2, 0) is 6.42 Å². The summed E-state index contributed by atoms with van der Waals surface area (Å²) >= 11 is 0. The van der Waals surface area contributed by atoms with Gasteiger partial charge in [0.2, 0.25) is 0 Å². The molecule has 2 nitrogen and oxygen atoms in total. The van der Waals surface area contributed by atoms with Crippen molar-refractivity contribution in [2.45, 2.75) is 19.3 Å². The first-order valence-corrected chi connectivity index (χ1v) is 4.78. The SMILES string of the molecule is CNc1cc(O)cc(CC2CC2)c1. The van der Waals surface area contributed by atoms with Crippen molar-refractivity contribution in [2.24, 2.45) is 5.92 Å². The van der Waals surface area contributed by atoms with Crippen LogP contribution in [0.2, 0.25) is 0 Å². The number of aromatic hydroxyl groups is 1. The van der Waals surface area contributed by atoms with Crippen LogP contribution in [0.3, 0.4) is 0 Å². The maximum atomic E-state index is 9.42. The molecular formula is C11H15NO. The number of nitrogens with one attached hydrogen (secondary N) is 1. The molecule has 0 amide bonds. The number of hydrogen-bond donors (Lipinski definition) is 2. The molecule has 0 atom stereocenters. The highest BCUT2D eigenvalue weighted by Gasteiger charge is 2.21. The van der Waals surface area contributed by atoms with E-state index in [0.717, 1.165) is 18.0 Å². The molecule has 0 heterocycles. The van der Waals surface area contributed by atoms with E-state index < -0.39 is 0 Å². The summed E-state index contributed by atoms with van der Waals surface area (Å²) < 4.78 is 0. The van der Waals surface area contributed by atoms with Crippen LogP contribution in [0.25, 0.3) is 0 Å². The monoisotopic (exact) mass is 177 g/mol. The Labute approximate surface area is 78.6 Å². The zero-order valence-electron chi connectivity index (χ0n) is 7.88. The van der Waals surface area contributed by atoms with E-state index in [4.69, 9.17) is 0 Å². The lowest BCUT2D eigenvalue weighted by atomic mass is 10.1. The third kappa shape index (κ3) is 2.14. The van der Waals surface area contributed by atoms with Crippen molar-refractivity contribution in [1.82, 2.24) is 0 Å². The summed E-state index contributed by atoms with van der Waals surface area (Å²) in [5, 5.41) is 12.5. The molecule has 0 radical (unpaired) electrons. The van der Waals surface area contributed by atoms with Crippen LogP contribution < -0.4 is 5.32 Å². The molecule has 70 valence electrons. The zero-order valence-corrected chi connectivity index (χ0v) is 7.88. The number of benzene rings is 1. The molecule has 1 aliphatic rings. The van der Waals surface area contributed by atoms with Gasteiger partial charge in [0.1, 0.15) is 5.75 Å². The van der Waals surface area contributed by atoms with Gasteiger partial charge >= 0.3 is 0 Å². The van der Waals surface area contributed by atoms with Gasteiger partial charge in [0.25, 0.3) is 0 Å². The predicted molar refractivity (Wildman–Crippen MR) is 54.1 cm³/mol. The Kier molecular flexibility index (Phi) is 2.13. The summed E-state index contributed by atoms with van der Waals surface area (Å²) in [6, 6.07) is 5.72. The summed E-state index contributed by atoms with van der Waals surface area (Å²) in [7, 11) is 1.87. The van der Waals surface area contributed by atoms with Gasteiger partial charge in [0.05, 0.1) is 0 Å². The van der Waals surface area contributed by atoms with Gasteiger partial charge < -0.3 is 10.4 Å². The molecule has 13 heavy (non-hydrogen) atoms. The minimum absolute atomic E-state index is 0.363. The molecule has 1 aromatic carbocycles. The van der Waals surface area contributed by atoms with Crippen molar-refractivity contribution < 1.29 is 5.11 Å². The van der Waals surface area contributed by atoms with Gasteiger partial charge in [-0.1, -0.05) is 0 Å². The van der Waals surface area contributed by atoms with E-state index in [1.807, 2.05) is 13.1 Å². The lowest BCUT2D eigenvalue weighted by Gasteiger charge is -2.05. The van der Waals surface area contributed by atoms with Crippen LogP contribution in [0.5, 0.6) is 5.75 Å². The second kappa shape index (κ2) is 3.29. The fourth-order valence-corrected chi connectivity index (χ4v) is 1.59. The van der Waals surface area contributed by atoms with E-state index in [2.05, 4.69) is 11.4 Å². The van der Waals surface area contributed by atoms with Crippen LogP contribution in [0.1, 0.15) is 18.4 Å². The van der Waals surface area contributed by atoms with Crippen molar-refractivity contribution in [3.63, 3.8) is 0 Å². The highest BCUT2D eigenvalue weighted by atomic mass is 16.3. The molecule has 0 bridgehead atoms. The van der Waals surface area contributed by atoms with Crippen LogP contribution in [-0.4, -0.2) is 12.2 Å². The fraction of sp³-hybridized carbons (Fsp3) is 0.455. The maximum absolute atomic E-state index is 9.42. The van der Waals surface area contributed by atoms with Gasteiger partial charge in [-0.3, -0.25) is 0 Å².